The molecule has 270 valence electrons. The average molecular weight is 903 g/mol. The van der Waals surface area contributed by atoms with Gasteiger partial charge >= 0.3 is 0 Å². The van der Waals surface area contributed by atoms with Gasteiger partial charge in [-0.05, 0) is 56.5 Å². The van der Waals surface area contributed by atoms with E-state index in [-0.39, 0.29) is 37.6 Å². The summed E-state index contributed by atoms with van der Waals surface area (Å²) < 4.78 is 7.91. The smallest absolute Gasteiger partial charge is 0.131 e. The standard InChI is InChI=1S/C48H39N2O2S.Pt/c1-47(2,3)32-26-38(43(51)39(27-32)48(4,5)6)46-50-42-34(17-12-18-41(42)53-46)36-23-31(40-25-30(21-22-49-40)28-13-8-7-9-14-28)24-37-35-20-19-29-15-10-11-16-33(29)44(35)52-45(36)37;/h7-22,24-27,51H,1-6H3;/q-1;. The number of hydrogen-bond donors (Lipinski definition) is 1. The number of pyridine rings is 1. The Bertz CT molecular complexity index is 2870. The maximum absolute atomic E-state index is 11.8. The summed E-state index contributed by atoms with van der Waals surface area (Å²) in [6.45, 7) is 13.1. The Balaban J connectivity index is 0.00000413. The van der Waals surface area contributed by atoms with Gasteiger partial charge in [0.1, 0.15) is 16.3 Å². The first-order chi connectivity index (χ1) is 25.4. The zero-order chi connectivity index (χ0) is 36.6. The molecule has 0 saturated heterocycles. The van der Waals surface area contributed by atoms with Crippen LogP contribution < -0.4 is 0 Å². The van der Waals surface area contributed by atoms with Crippen LogP contribution in [-0.4, -0.2) is 15.1 Å². The summed E-state index contributed by atoms with van der Waals surface area (Å²) in [7, 11) is 0. The molecule has 0 aliphatic heterocycles. The van der Waals surface area contributed by atoms with Gasteiger partial charge in [0.25, 0.3) is 0 Å². The normalized spacial score (nSPS) is 12.2. The van der Waals surface area contributed by atoms with E-state index >= 15 is 0 Å². The van der Waals surface area contributed by atoms with E-state index in [9.17, 15) is 5.11 Å². The van der Waals surface area contributed by atoms with E-state index in [0.717, 1.165) is 98.1 Å². The van der Waals surface area contributed by atoms with Gasteiger partial charge in [0.2, 0.25) is 0 Å². The van der Waals surface area contributed by atoms with Crippen molar-refractivity contribution >= 4 is 54.3 Å². The molecule has 0 saturated carbocycles. The van der Waals surface area contributed by atoms with Crippen LogP contribution in [0.5, 0.6) is 5.75 Å². The summed E-state index contributed by atoms with van der Waals surface area (Å²) >= 11 is 1.60. The van der Waals surface area contributed by atoms with Crippen LogP contribution in [0.2, 0.25) is 0 Å². The SMILES string of the molecule is CC(C)(C)c1cc(-c2nc3c(-c4[c-]c(-c5cc(-c6ccccc6)ccn5)cc5c4oc4c6ccccc6ccc54)cccc3s2)c(O)c(C(C)(C)C)c1.[Pt]. The van der Waals surface area contributed by atoms with Gasteiger partial charge in [0.05, 0.1) is 16.7 Å². The minimum Gasteiger partial charge on any atom is -0.507 e. The van der Waals surface area contributed by atoms with E-state index in [4.69, 9.17) is 14.4 Å². The number of hydrogen-bond acceptors (Lipinski definition) is 5. The Kier molecular flexibility index (Phi) is 8.87. The number of thiazole rings is 1. The third kappa shape index (κ3) is 6.14. The maximum Gasteiger partial charge on any atom is 0.131 e. The quantitative estimate of drug-likeness (QED) is 0.179. The van der Waals surface area contributed by atoms with Crippen LogP contribution in [0.15, 0.2) is 126 Å². The van der Waals surface area contributed by atoms with Crippen molar-refractivity contribution in [2.75, 3.05) is 0 Å². The van der Waals surface area contributed by atoms with Crippen molar-refractivity contribution in [3.63, 3.8) is 0 Å². The molecule has 3 aromatic heterocycles. The number of aromatic hydroxyl groups is 1. The maximum atomic E-state index is 11.8. The predicted molar refractivity (Wildman–Crippen MR) is 222 cm³/mol. The Morgan fingerprint density at radius 3 is 2.22 bits per heavy atom. The molecule has 0 amide bonds. The second kappa shape index (κ2) is 13.3. The number of furan rings is 1. The Hall–Kier alpha value is -5.09. The van der Waals surface area contributed by atoms with Crippen molar-refractivity contribution in [1.82, 2.24) is 9.97 Å². The van der Waals surface area contributed by atoms with E-state index in [1.165, 1.54) is 0 Å². The zero-order valence-electron chi connectivity index (χ0n) is 31.0. The molecule has 0 radical (unpaired) electrons. The second-order valence-electron chi connectivity index (χ2n) is 16.0. The van der Waals surface area contributed by atoms with Gasteiger partial charge in [-0.2, -0.15) is 0 Å². The Labute approximate surface area is 333 Å². The Morgan fingerprint density at radius 1 is 0.667 bits per heavy atom. The van der Waals surface area contributed by atoms with Gasteiger partial charge in [-0.15, -0.1) is 23.5 Å². The van der Waals surface area contributed by atoms with Gasteiger partial charge in [0.15, 0.2) is 0 Å². The topological polar surface area (TPSA) is 59.2 Å². The fourth-order valence-electron chi connectivity index (χ4n) is 7.33. The van der Waals surface area contributed by atoms with Crippen molar-refractivity contribution in [3.8, 4) is 49.8 Å². The van der Waals surface area contributed by atoms with Crippen molar-refractivity contribution in [3.05, 3.63) is 139 Å². The molecule has 3 heterocycles. The van der Waals surface area contributed by atoms with E-state index < -0.39 is 0 Å². The molecule has 0 unspecified atom stereocenters. The number of phenolic OH excluding ortho intramolecular Hbond substituents is 1. The summed E-state index contributed by atoms with van der Waals surface area (Å²) in [6.07, 6.45) is 1.87. The first-order valence-corrected chi connectivity index (χ1v) is 18.9. The van der Waals surface area contributed by atoms with Crippen molar-refractivity contribution in [2.24, 2.45) is 0 Å². The van der Waals surface area contributed by atoms with Crippen LogP contribution >= 0.6 is 11.3 Å². The number of para-hydroxylation sites is 1. The van der Waals surface area contributed by atoms with Crippen molar-refractivity contribution in [1.29, 1.82) is 0 Å². The van der Waals surface area contributed by atoms with Crippen molar-refractivity contribution < 1.29 is 30.6 Å². The first kappa shape index (κ1) is 35.9. The molecule has 0 aliphatic rings. The first-order valence-electron chi connectivity index (χ1n) is 18.0. The van der Waals surface area contributed by atoms with Crippen LogP contribution in [0.4, 0.5) is 0 Å². The van der Waals surface area contributed by atoms with E-state index in [0.29, 0.717) is 0 Å². The molecular weight excluding hydrogens is 864 g/mol. The third-order valence-corrected chi connectivity index (χ3v) is 11.3. The fraction of sp³-hybridized carbons (Fsp3) is 0.167. The van der Waals surface area contributed by atoms with Crippen molar-refractivity contribution in [2.45, 2.75) is 52.4 Å². The third-order valence-electron chi connectivity index (χ3n) is 10.2. The van der Waals surface area contributed by atoms with E-state index in [1.54, 1.807) is 11.3 Å². The van der Waals surface area contributed by atoms with E-state index in [1.807, 2.05) is 18.3 Å². The number of nitrogens with zero attached hydrogens (tertiary/aromatic N) is 2. The number of rotatable bonds is 4. The molecule has 9 aromatic rings. The summed E-state index contributed by atoms with van der Waals surface area (Å²) in [6, 6.07) is 43.7. The Morgan fingerprint density at radius 2 is 1.44 bits per heavy atom. The number of benzene rings is 6. The molecule has 0 fully saturated rings. The number of aromatic nitrogens is 2. The van der Waals surface area contributed by atoms with Crippen LogP contribution in [-0.2, 0) is 31.9 Å². The molecule has 0 atom stereocenters. The monoisotopic (exact) mass is 902 g/mol. The average Bonchev–Trinajstić information content (AvgIpc) is 3.76. The van der Waals surface area contributed by atoms with Crippen LogP contribution in [0.1, 0.15) is 52.7 Å². The molecule has 6 heteroatoms. The molecule has 0 aliphatic carbocycles. The summed E-state index contributed by atoms with van der Waals surface area (Å²) in [5.74, 6) is 0.288. The molecule has 4 nitrogen and oxygen atoms in total. The molecule has 0 spiro atoms. The molecule has 54 heavy (non-hydrogen) atoms. The summed E-state index contributed by atoms with van der Waals surface area (Å²) in [5.41, 5.74) is 10.6. The summed E-state index contributed by atoms with van der Waals surface area (Å²) in [4.78, 5) is 10.2. The van der Waals surface area contributed by atoms with Gasteiger partial charge in [0, 0.05) is 54.0 Å². The second-order valence-corrected chi connectivity index (χ2v) is 17.0. The number of fused-ring (bicyclic) bond motifs is 6. The fourth-order valence-corrected chi connectivity index (χ4v) is 8.34. The predicted octanol–water partition coefficient (Wildman–Crippen LogP) is 13.5. The minimum absolute atomic E-state index is 0. The molecule has 9 rings (SSSR count). The zero-order valence-corrected chi connectivity index (χ0v) is 34.1. The molecular formula is C48H39N2O2PtS-. The minimum atomic E-state index is -0.250. The van der Waals surface area contributed by atoms with Gasteiger partial charge in [-0.3, -0.25) is 4.98 Å². The van der Waals surface area contributed by atoms with Gasteiger partial charge < -0.3 is 9.52 Å². The summed E-state index contributed by atoms with van der Waals surface area (Å²) in [5, 5.41) is 16.8. The number of phenols is 1. The van der Waals surface area contributed by atoms with Crippen LogP contribution in [0.25, 0.3) is 87.0 Å². The van der Waals surface area contributed by atoms with E-state index in [2.05, 4.69) is 151 Å². The molecule has 6 aromatic carbocycles. The van der Waals surface area contributed by atoms with Gasteiger partial charge in [-0.1, -0.05) is 149 Å². The molecule has 1 N–H and O–H groups in total. The van der Waals surface area contributed by atoms with Crippen LogP contribution in [0.3, 0.4) is 0 Å². The largest absolute Gasteiger partial charge is 0.507 e. The van der Waals surface area contributed by atoms with Crippen LogP contribution in [0, 0.1) is 6.07 Å². The molecule has 0 bridgehead atoms. The van der Waals surface area contributed by atoms with Gasteiger partial charge in [-0.25, -0.2) is 4.98 Å².